The number of fused-ring (bicyclic) bond motifs is 1. The summed E-state index contributed by atoms with van der Waals surface area (Å²) in [5, 5.41) is 9.81. The average Bonchev–Trinajstić information content (AvgIpc) is 2.51. The molecule has 2 aromatic rings. The standard InChI is InChI=1S/C11H8ClNO3/c1-5-9(10(14)11(15)16)7-3-2-6(12)4-8(7)13-5/h2-4,13H,1H3,(H,15,16). The van der Waals surface area contributed by atoms with E-state index in [0.29, 0.717) is 21.6 Å². The molecular weight excluding hydrogens is 230 g/mol. The Morgan fingerprint density at radius 1 is 1.38 bits per heavy atom. The fraction of sp³-hybridized carbons (Fsp3) is 0.0909. The number of rotatable bonds is 2. The quantitative estimate of drug-likeness (QED) is 0.622. The fourth-order valence-electron chi connectivity index (χ4n) is 1.70. The van der Waals surface area contributed by atoms with Crippen molar-refractivity contribution in [2.75, 3.05) is 0 Å². The first-order valence-corrected chi connectivity index (χ1v) is 4.94. The van der Waals surface area contributed by atoms with Crippen LogP contribution in [-0.4, -0.2) is 21.8 Å². The predicted octanol–water partition coefficient (Wildman–Crippen LogP) is 2.40. The van der Waals surface area contributed by atoms with Gasteiger partial charge in [0.25, 0.3) is 5.78 Å². The number of carboxylic acids is 1. The van der Waals surface area contributed by atoms with Gasteiger partial charge in [0.15, 0.2) is 0 Å². The molecule has 1 aromatic carbocycles. The molecule has 0 aliphatic heterocycles. The second kappa shape index (κ2) is 3.64. The molecule has 82 valence electrons. The number of carboxylic acid groups (broad SMARTS) is 1. The van der Waals surface area contributed by atoms with Gasteiger partial charge in [-0.2, -0.15) is 0 Å². The van der Waals surface area contributed by atoms with Gasteiger partial charge in [0.2, 0.25) is 0 Å². The molecule has 0 unspecified atom stereocenters. The molecule has 5 heteroatoms. The lowest BCUT2D eigenvalue weighted by atomic mass is 10.1. The van der Waals surface area contributed by atoms with Crippen molar-refractivity contribution in [2.24, 2.45) is 0 Å². The van der Waals surface area contributed by atoms with E-state index < -0.39 is 11.8 Å². The van der Waals surface area contributed by atoms with Gasteiger partial charge < -0.3 is 10.1 Å². The summed E-state index contributed by atoms with van der Waals surface area (Å²) in [6.07, 6.45) is 0. The van der Waals surface area contributed by atoms with Crippen molar-refractivity contribution in [3.05, 3.63) is 34.5 Å². The van der Waals surface area contributed by atoms with Gasteiger partial charge in [0, 0.05) is 21.6 Å². The summed E-state index contributed by atoms with van der Waals surface area (Å²) in [7, 11) is 0. The summed E-state index contributed by atoms with van der Waals surface area (Å²) < 4.78 is 0. The van der Waals surface area contributed by atoms with Crippen LogP contribution in [0.4, 0.5) is 0 Å². The van der Waals surface area contributed by atoms with Crippen molar-refractivity contribution < 1.29 is 14.7 Å². The third kappa shape index (κ3) is 1.57. The number of Topliss-reactive ketones (excluding diaryl/α,β-unsaturated/α-hetero) is 1. The molecule has 0 bridgehead atoms. The summed E-state index contributed by atoms with van der Waals surface area (Å²) in [6.45, 7) is 1.66. The van der Waals surface area contributed by atoms with E-state index in [9.17, 15) is 9.59 Å². The van der Waals surface area contributed by atoms with Gasteiger partial charge in [-0.15, -0.1) is 0 Å². The van der Waals surface area contributed by atoms with E-state index in [1.807, 2.05) is 0 Å². The fourth-order valence-corrected chi connectivity index (χ4v) is 1.88. The second-order valence-electron chi connectivity index (χ2n) is 3.45. The number of halogens is 1. The second-order valence-corrected chi connectivity index (χ2v) is 3.89. The smallest absolute Gasteiger partial charge is 0.377 e. The molecule has 1 aromatic heterocycles. The van der Waals surface area contributed by atoms with Crippen LogP contribution >= 0.6 is 11.6 Å². The van der Waals surface area contributed by atoms with E-state index in [0.717, 1.165) is 0 Å². The minimum atomic E-state index is -1.46. The summed E-state index contributed by atoms with van der Waals surface area (Å²) in [4.78, 5) is 25.1. The normalized spacial score (nSPS) is 10.6. The van der Waals surface area contributed by atoms with Crippen LogP contribution < -0.4 is 0 Å². The molecule has 2 N–H and O–H groups in total. The van der Waals surface area contributed by atoms with E-state index >= 15 is 0 Å². The number of carbonyl (C=O) groups is 2. The zero-order chi connectivity index (χ0) is 11.9. The Kier molecular flexibility index (Phi) is 2.44. The van der Waals surface area contributed by atoms with Crippen LogP contribution in [0.2, 0.25) is 5.02 Å². The Morgan fingerprint density at radius 3 is 2.69 bits per heavy atom. The summed E-state index contributed by atoms with van der Waals surface area (Å²) >= 11 is 5.80. The molecule has 1 heterocycles. The first-order chi connectivity index (χ1) is 7.50. The summed E-state index contributed by atoms with van der Waals surface area (Å²) in [6, 6.07) is 4.91. The molecule has 4 nitrogen and oxygen atoms in total. The Morgan fingerprint density at radius 2 is 2.06 bits per heavy atom. The van der Waals surface area contributed by atoms with Crippen LogP contribution in [0.5, 0.6) is 0 Å². The van der Waals surface area contributed by atoms with Crippen molar-refractivity contribution in [3.8, 4) is 0 Å². The number of H-pyrrole nitrogens is 1. The molecule has 0 aliphatic carbocycles. The Bertz CT molecular complexity index is 601. The monoisotopic (exact) mass is 237 g/mol. The lowest BCUT2D eigenvalue weighted by Crippen LogP contribution is -2.13. The number of carbonyl (C=O) groups excluding carboxylic acids is 1. The van der Waals surface area contributed by atoms with E-state index in [4.69, 9.17) is 16.7 Å². The number of aryl methyl sites for hydroxylation is 1. The third-order valence-corrected chi connectivity index (χ3v) is 2.60. The van der Waals surface area contributed by atoms with Crippen molar-refractivity contribution >= 4 is 34.3 Å². The average molecular weight is 238 g/mol. The number of nitrogens with one attached hydrogen (secondary N) is 1. The number of ketones is 1. The van der Waals surface area contributed by atoms with Gasteiger partial charge >= 0.3 is 5.97 Å². The lowest BCUT2D eigenvalue weighted by molar-refractivity contribution is -0.131. The van der Waals surface area contributed by atoms with Crippen LogP contribution in [0.15, 0.2) is 18.2 Å². The molecule has 0 radical (unpaired) electrons. The number of hydrogen-bond acceptors (Lipinski definition) is 2. The first-order valence-electron chi connectivity index (χ1n) is 4.56. The van der Waals surface area contributed by atoms with Crippen LogP contribution in [0.3, 0.4) is 0 Å². The highest BCUT2D eigenvalue weighted by Gasteiger charge is 2.21. The molecule has 2 rings (SSSR count). The molecule has 0 saturated heterocycles. The minimum absolute atomic E-state index is 0.194. The van der Waals surface area contributed by atoms with Gasteiger partial charge in [-0.05, 0) is 19.1 Å². The maximum Gasteiger partial charge on any atom is 0.377 e. The van der Waals surface area contributed by atoms with Crippen molar-refractivity contribution in [2.45, 2.75) is 6.92 Å². The first kappa shape index (κ1) is 10.7. The van der Waals surface area contributed by atoms with Crippen molar-refractivity contribution in [3.63, 3.8) is 0 Å². The molecule has 0 saturated carbocycles. The van der Waals surface area contributed by atoms with E-state index in [2.05, 4.69) is 4.98 Å². The zero-order valence-corrected chi connectivity index (χ0v) is 9.13. The number of aromatic amines is 1. The Labute approximate surface area is 95.8 Å². The summed E-state index contributed by atoms with van der Waals surface area (Å²) in [5.41, 5.74) is 1.39. The van der Waals surface area contributed by atoms with Crippen molar-refractivity contribution in [1.29, 1.82) is 0 Å². The molecule has 16 heavy (non-hydrogen) atoms. The number of aromatic nitrogens is 1. The maximum atomic E-state index is 11.5. The highest BCUT2D eigenvalue weighted by atomic mass is 35.5. The Balaban J connectivity index is 2.74. The van der Waals surface area contributed by atoms with Crippen molar-refractivity contribution in [1.82, 2.24) is 4.98 Å². The molecule has 0 amide bonds. The van der Waals surface area contributed by atoms with Gasteiger partial charge in [0.1, 0.15) is 0 Å². The van der Waals surface area contributed by atoms with Crippen LogP contribution in [0.1, 0.15) is 16.1 Å². The van der Waals surface area contributed by atoms with Crippen LogP contribution in [-0.2, 0) is 4.79 Å². The SMILES string of the molecule is Cc1[nH]c2cc(Cl)ccc2c1C(=O)C(=O)O. The van der Waals surface area contributed by atoms with Gasteiger partial charge in [-0.1, -0.05) is 17.7 Å². The van der Waals surface area contributed by atoms with Gasteiger partial charge in [-0.3, -0.25) is 4.79 Å². The van der Waals surface area contributed by atoms with Gasteiger partial charge in [0.05, 0.1) is 5.56 Å². The highest BCUT2D eigenvalue weighted by molar-refractivity contribution is 6.42. The topological polar surface area (TPSA) is 70.2 Å². The number of aliphatic carboxylic acids is 1. The van der Waals surface area contributed by atoms with Crippen LogP contribution in [0, 0.1) is 6.92 Å². The molecule has 0 spiro atoms. The predicted molar refractivity (Wildman–Crippen MR) is 60.0 cm³/mol. The molecule has 0 aliphatic rings. The molecule has 0 atom stereocenters. The minimum Gasteiger partial charge on any atom is -0.475 e. The summed E-state index contributed by atoms with van der Waals surface area (Å²) in [5.74, 6) is -2.37. The van der Waals surface area contributed by atoms with Crippen LogP contribution in [0.25, 0.3) is 10.9 Å². The van der Waals surface area contributed by atoms with E-state index in [-0.39, 0.29) is 5.56 Å². The lowest BCUT2D eigenvalue weighted by Gasteiger charge is -1.95. The van der Waals surface area contributed by atoms with E-state index in [1.54, 1.807) is 25.1 Å². The number of benzene rings is 1. The zero-order valence-electron chi connectivity index (χ0n) is 8.37. The Hall–Kier alpha value is -1.81. The maximum absolute atomic E-state index is 11.5. The largest absolute Gasteiger partial charge is 0.475 e. The van der Waals surface area contributed by atoms with E-state index in [1.165, 1.54) is 0 Å². The third-order valence-electron chi connectivity index (χ3n) is 2.37. The van der Waals surface area contributed by atoms with Gasteiger partial charge in [-0.25, -0.2) is 4.79 Å². The number of hydrogen-bond donors (Lipinski definition) is 2. The molecular formula is C11H8ClNO3. The molecule has 0 fully saturated rings. The highest BCUT2D eigenvalue weighted by Crippen LogP contribution is 2.25.